The molecule has 0 atom stereocenters. The second-order valence-corrected chi connectivity index (χ2v) is 7.58. The van der Waals surface area contributed by atoms with Crippen molar-refractivity contribution in [2.75, 3.05) is 11.6 Å². The number of amides is 1. The summed E-state index contributed by atoms with van der Waals surface area (Å²) < 4.78 is 1.60. The van der Waals surface area contributed by atoms with E-state index in [4.69, 9.17) is 0 Å². The van der Waals surface area contributed by atoms with Crippen molar-refractivity contribution in [2.24, 2.45) is 0 Å². The number of carbonyl (C=O) groups is 1. The lowest BCUT2D eigenvalue weighted by Gasteiger charge is -2.19. The number of fused-ring (bicyclic) bond motifs is 1. The molecule has 3 aromatic rings. The van der Waals surface area contributed by atoms with Crippen LogP contribution in [0.25, 0.3) is 5.65 Å². The van der Waals surface area contributed by atoms with Gasteiger partial charge in [-0.25, -0.2) is 9.50 Å². The average Bonchev–Trinajstić information content (AvgIpc) is 2.97. The number of nitrogens with zero attached hydrogens (tertiary/aromatic N) is 3. The summed E-state index contributed by atoms with van der Waals surface area (Å²) in [5.41, 5.74) is 1.60. The number of carbonyl (C=O) groups excluding carboxylic acids is 1. The van der Waals surface area contributed by atoms with Crippen LogP contribution in [0.1, 0.15) is 31.1 Å². The van der Waals surface area contributed by atoms with Gasteiger partial charge in [-0.1, -0.05) is 0 Å². The highest BCUT2D eigenvalue weighted by Crippen LogP contribution is 2.21. The van der Waals surface area contributed by atoms with Gasteiger partial charge in [-0.3, -0.25) is 4.79 Å². The Morgan fingerprint density at radius 3 is 2.52 bits per heavy atom. The van der Waals surface area contributed by atoms with Gasteiger partial charge in [-0.15, -0.1) is 11.8 Å². The highest BCUT2D eigenvalue weighted by atomic mass is 32.2. The monoisotopic (exact) mass is 355 g/mol. The molecule has 0 bridgehead atoms. The summed E-state index contributed by atoms with van der Waals surface area (Å²) in [6.45, 7) is 5.82. The Labute approximate surface area is 151 Å². The molecule has 2 aromatic heterocycles. The third-order valence-electron chi connectivity index (χ3n) is 3.46. The number of anilines is 2. The minimum atomic E-state index is -0.319. The fourth-order valence-corrected chi connectivity index (χ4v) is 2.74. The maximum Gasteiger partial charge on any atom is 0.257 e. The van der Waals surface area contributed by atoms with Crippen LogP contribution in [0.2, 0.25) is 0 Å². The molecule has 0 saturated carbocycles. The van der Waals surface area contributed by atoms with Crippen LogP contribution >= 0.6 is 11.8 Å². The van der Waals surface area contributed by atoms with Crippen LogP contribution in [0.4, 0.5) is 11.5 Å². The average molecular weight is 355 g/mol. The second kappa shape index (κ2) is 6.76. The van der Waals surface area contributed by atoms with E-state index >= 15 is 0 Å². The van der Waals surface area contributed by atoms with Crippen molar-refractivity contribution in [1.29, 1.82) is 0 Å². The highest BCUT2D eigenvalue weighted by Gasteiger charge is 2.19. The molecule has 7 heteroatoms. The van der Waals surface area contributed by atoms with E-state index in [9.17, 15) is 4.79 Å². The first-order valence-corrected chi connectivity index (χ1v) is 9.16. The predicted octanol–water partition coefficient (Wildman–Crippen LogP) is 3.72. The SMILES string of the molecule is CSc1ccc(Nc2ccn3ncc(C(=O)NC(C)(C)C)c3n2)cc1. The molecule has 25 heavy (non-hydrogen) atoms. The van der Waals surface area contributed by atoms with Gasteiger partial charge < -0.3 is 10.6 Å². The molecule has 0 fully saturated rings. The Morgan fingerprint density at radius 1 is 1.16 bits per heavy atom. The fourth-order valence-electron chi connectivity index (χ4n) is 2.33. The van der Waals surface area contributed by atoms with Crippen LogP contribution in [0, 0.1) is 0 Å². The normalized spacial score (nSPS) is 11.5. The summed E-state index contributed by atoms with van der Waals surface area (Å²) in [6, 6.07) is 9.93. The summed E-state index contributed by atoms with van der Waals surface area (Å²) in [4.78, 5) is 18.2. The van der Waals surface area contributed by atoms with Gasteiger partial charge in [0, 0.05) is 22.3 Å². The van der Waals surface area contributed by atoms with Crippen LogP contribution in [0.5, 0.6) is 0 Å². The first-order chi connectivity index (χ1) is 11.9. The molecule has 0 unspecified atom stereocenters. The second-order valence-electron chi connectivity index (χ2n) is 6.70. The number of nitrogens with one attached hydrogen (secondary N) is 2. The standard InChI is InChI=1S/C18H21N5OS/c1-18(2,3)22-17(24)14-11-19-23-10-9-15(21-16(14)23)20-12-5-7-13(25-4)8-6-12/h5-11H,1-4H3,(H,20,21)(H,22,24). The van der Waals surface area contributed by atoms with Gasteiger partial charge in [0.1, 0.15) is 11.4 Å². The molecule has 1 amide bonds. The molecule has 0 spiro atoms. The van der Waals surface area contributed by atoms with Crippen LogP contribution < -0.4 is 10.6 Å². The topological polar surface area (TPSA) is 71.3 Å². The molecule has 2 heterocycles. The maximum atomic E-state index is 12.4. The molecule has 1 aromatic carbocycles. The van der Waals surface area contributed by atoms with E-state index < -0.39 is 0 Å². The number of benzene rings is 1. The van der Waals surface area contributed by atoms with Crippen molar-refractivity contribution < 1.29 is 4.79 Å². The van der Waals surface area contributed by atoms with Gasteiger partial charge in [-0.05, 0) is 57.4 Å². The molecular formula is C18H21N5OS. The van der Waals surface area contributed by atoms with Gasteiger partial charge in [0.25, 0.3) is 5.91 Å². The Bertz CT molecular complexity index is 896. The molecule has 0 aliphatic heterocycles. The van der Waals surface area contributed by atoms with Crippen molar-refractivity contribution >= 4 is 34.8 Å². The van der Waals surface area contributed by atoms with E-state index in [0.29, 0.717) is 17.0 Å². The molecule has 0 aliphatic rings. The smallest absolute Gasteiger partial charge is 0.257 e. The van der Waals surface area contributed by atoms with Crippen molar-refractivity contribution in [2.45, 2.75) is 31.2 Å². The zero-order chi connectivity index (χ0) is 18.0. The van der Waals surface area contributed by atoms with Crippen LogP contribution in [-0.2, 0) is 0 Å². The number of aromatic nitrogens is 3. The zero-order valence-electron chi connectivity index (χ0n) is 14.7. The quantitative estimate of drug-likeness (QED) is 0.698. The lowest BCUT2D eigenvalue weighted by molar-refractivity contribution is 0.0921. The summed E-state index contributed by atoms with van der Waals surface area (Å²) in [7, 11) is 0. The third kappa shape index (κ3) is 4.11. The predicted molar refractivity (Wildman–Crippen MR) is 102 cm³/mol. The van der Waals surface area contributed by atoms with Crippen LogP contribution in [0.15, 0.2) is 47.6 Å². The molecule has 0 aliphatic carbocycles. The molecular weight excluding hydrogens is 334 g/mol. The third-order valence-corrected chi connectivity index (χ3v) is 4.21. The zero-order valence-corrected chi connectivity index (χ0v) is 15.5. The highest BCUT2D eigenvalue weighted by molar-refractivity contribution is 7.98. The van der Waals surface area contributed by atoms with E-state index in [1.165, 1.54) is 4.90 Å². The van der Waals surface area contributed by atoms with E-state index in [0.717, 1.165) is 5.69 Å². The lowest BCUT2D eigenvalue weighted by Crippen LogP contribution is -2.40. The van der Waals surface area contributed by atoms with E-state index in [2.05, 4.69) is 20.7 Å². The van der Waals surface area contributed by atoms with Gasteiger partial charge in [-0.2, -0.15) is 5.10 Å². The summed E-state index contributed by atoms with van der Waals surface area (Å²) in [5, 5.41) is 10.4. The van der Waals surface area contributed by atoms with Crippen LogP contribution in [0.3, 0.4) is 0 Å². The van der Waals surface area contributed by atoms with Crippen molar-refractivity contribution in [3.05, 3.63) is 48.3 Å². The minimum Gasteiger partial charge on any atom is -0.347 e. The van der Waals surface area contributed by atoms with E-state index in [1.54, 1.807) is 28.7 Å². The number of hydrogen-bond donors (Lipinski definition) is 2. The number of thioether (sulfide) groups is 1. The minimum absolute atomic E-state index is 0.184. The fraction of sp³-hybridized carbons (Fsp3) is 0.278. The van der Waals surface area contributed by atoms with Gasteiger partial charge in [0.05, 0.1) is 6.20 Å². The Morgan fingerprint density at radius 2 is 1.88 bits per heavy atom. The largest absolute Gasteiger partial charge is 0.347 e. The number of rotatable bonds is 4. The van der Waals surface area contributed by atoms with Crippen LogP contribution in [-0.4, -0.2) is 32.3 Å². The summed E-state index contributed by atoms with van der Waals surface area (Å²) >= 11 is 1.70. The van der Waals surface area contributed by atoms with Gasteiger partial charge in [0.15, 0.2) is 5.65 Å². The lowest BCUT2D eigenvalue weighted by atomic mass is 10.1. The molecule has 6 nitrogen and oxygen atoms in total. The Hall–Kier alpha value is -2.54. The van der Waals surface area contributed by atoms with E-state index in [1.807, 2.05) is 57.4 Å². The van der Waals surface area contributed by atoms with E-state index in [-0.39, 0.29) is 11.4 Å². The van der Waals surface area contributed by atoms with Gasteiger partial charge >= 0.3 is 0 Å². The van der Waals surface area contributed by atoms with Gasteiger partial charge in [0.2, 0.25) is 0 Å². The van der Waals surface area contributed by atoms with Crippen molar-refractivity contribution in [3.63, 3.8) is 0 Å². The number of hydrogen-bond acceptors (Lipinski definition) is 5. The van der Waals surface area contributed by atoms with Crippen molar-refractivity contribution in [3.8, 4) is 0 Å². The molecule has 0 saturated heterocycles. The summed E-state index contributed by atoms with van der Waals surface area (Å²) in [6.07, 6.45) is 5.37. The molecule has 3 rings (SSSR count). The maximum absolute atomic E-state index is 12.4. The first kappa shape index (κ1) is 17.3. The molecule has 0 radical (unpaired) electrons. The summed E-state index contributed by atoms with van der Waals surface area (Å²) in [5.74, 6) is 0.478. The Kier molecular flexibility index (Phi) is 4.67. The Balaban J connectivity index is 1.88. The first-order valence-electron chi connectivity index (χ1n) is 7.94. The molecule has 130 valence electrons. The molecule has 2 N–H and O–H groups in total. The van der Waals surface area contributed by atoms with Crippen molar-refractivity contribution in [1.82, 2.24) is 19.9 Å².